The average Bonchev–Trinajstić information content (AvgIpc) is 3.05. The summed E-state index contributed by atoms with van der Waals surface area (Å²) in [6.45, 7) is 3.86. The van der Waals surface area contributed by atoms with Gasteiger partial charge in [-0.05, 0) is 32.2 Å². The zero-order valence-corrected chi connectivity index (χ0v) is 13.6. The number of carbonyl (C=O) groups excluding carboxylic acids is 1. The summed E-state index contributed by atoms with van der Waals surface area (Å²) in [4.78, 5) is 12.8. The van der Waals surface area contributed by atoms with Crippen LogP contribution >= 0.6 is 12.4 Å². The molecule has 0 radical (unpaired) electrons. The van der Waals surface area contributed by atoms with E-state index in [0.717, 1.165) is 25.1 Å². The second-order valence-electron chi connectivity index (χ2n) is 6.37. The summed E-state index contributed by atoms with van der Waals surface area (Å²) in [5, 5.41) is 10.8. The van der Waals surface area contributed by atoms with Gasteiger partial charge in [0.2, 0.25) is 5.91 Å². The van der Waals surface area contributed by atoms with E-state index in [-0.39, 0.29) is 29.8 Å². The molecule has 5 nitrogen and oxygen atoms in total. The molecular weight excluding hydrogens is 288 g/mol. The Morgan fingerprint density at radius 2 is 2.38 bits per heavy atom. The summed E-state index contributed by atoms with van der Waals surface area (Å²) in [5.74, 6) is 0.737. The maximum atomic E-state index is 12.8. The number of amides is 1. The van der Waals surface area contributed by atoms with Gasteiger partial charge in [0.1, 0.15) is 0 Å². The van der Waals surface area contributed by atoms with Gasteiger partial charge in [0.25, 0.3) is 0 Å². The van der Waals surface area contributed by atoms with Gasteiger partial charge < -0.3 is 10.6 Å². The van der Waals surface area contributed by atoms with Gasteiger partial charge in [0.15, 0.2) is 0 Å². The van der Waals surface area contributed by atoms with Crippen molar-refractivity contribution in [2.45, 2.75) is 38.6 Å². The second-order valence-corrected chi connectivity index (χ2v) is 6.37. The third-order valence-corrected chi connectivity index (χ3v) is 5.06. The maximum Gasteiger partial charge on any atom is 0.228 e. The minimum atomic E-state index is -0.172. The molecule has 2 fully saturated rings. The van der Waals surface area contributed by atoms with Gasteiger partial charge in [0.05, 0.1) is 17.7 Å². The van der Waals surface area contributed by atoms with Crippen LogP contribution in [-0.4, -0.2) is 28.8 Å². The van der Waals surface area contributed by atoms with Gasteiger partial charge in [-0.3, -0.25) is 9.48 Å². The van der Waals surface area contributed by atoms with Gasteiger partial charge in [-0.1, -0.05) is 12.8 Å². The maximum absolute atomic E-state index is 12.8. The molecular formula is C15H25ClN4O. The zero-order chi connectivity index (χ0) is 14.2. The first kappa shape index (κ1) is 16.3. The van der Waals surface area contributed by atoms with E-state index in [4.69, 9.17) is 0 Å². The lowest BCUT2D eigenvalue weighted by Crippen LogP contribution is -2.48. The first-order valence-electron chi connectivity index (χ1n) is 7.62. The van der Waals surface area contributed by atoms with Crippen molar-refractivity contribution in [3.63, 3.8) is 0 Å². The zero-order valence-electron chi connectivity index (χ0n) is 12.8. The molecule has 21 heavy (non-hydrogen) atoms. The number of halogens is 1. The molecule has 0 bridgehead atoms. The van der Waals surface area contributed by atoms with E-state index in [9.17, 15) is 4.79 Å². The van der Waals surface area contributed by atoms with Crippen LogP contribution in [0.25, 0.3) is 0 Å². The molecule has 1 aliphatic heterocycles. The second kappa shape index (κ2) is 6.36. The summed E-state index contributed by atoms with van der Waals surface area (Å²) >= 11 is 0. The van der Waals surface area contributed by atoms with Crippen molar-refractivity contribution in [2.75, 3.05) is 13.1 Å². The van der Waals surface area contributed by atoms with Crippen LogP contribution in [-0.2, 0) is 11.8 Å². The molecule has 1 saturated carbocycles. The highest BCUT2D eigenvalue weighted by Gasteiger charge is 2.49. The van der Waals surface area contributed by atoms with Gasteiger partial charge in [-0.2, -0.15) is 5.10 Å². The average molecular weight is 313 g/mol. The van der Waals surface area contributed by atoms with Crippen LogP contribution in [0.15, 0.2) is 12.4 Å². The highest BCUT2D eigenvalue weighted by Crippen LogP contribution is 2.44. The number of aromatic nitrogens is 2. The van der Waals surface area contributed by atoms with E-state index in [2.05, 4.69) is 15.7 Å². The normalized spacial score (nSPS) is 29.3. The molecule has 6 heteroatoms. The van der Waals surface area contributed by atoms with Crippen LogP contribution in [0.5, 0.6) is 0 Å². The Balaban J connectivity index is 0.00000161. The Kier molecular flexibility index (Phi) is 4.94. The number of rotatable bonds is 3. The Bertz CT molecular complexity index is 504. The molecule has 1 unspecified atom stereocenters. The fourth-order valence-corrected chi connectivity index (χ4v) is 3.78. The minimum Gasteiger partial charge on any atom is -0.349 e. The SMILES string of the molecule is CC(NC(=O)[C@@]12CCCC[C@H]1CNC2)c1cnn(C)c1.Cl. The third-order valence-electron chi connectivity index (χ3n) is 5.06. The quantitative estimate of drug-likeness (QED) is 0.895. The molecule has 1 aliphatic carbocycles. The van der Waals surface area contributed by atoms with E-state index in [1.165, 1.54) is 19.3 Å². The molecule has 2 heterocycles. The van der Waals surface area contributed by atoms with E-state index in [1.807, 2.05) is 26.4 Å². The first-order valence-corrected chi connectivity index (χ1v) is 7.62. The molecule has 2 N–H and O–H groups in total. The van der Waals surface area contributed by atoms with Gasteiger partial charge >= 0.3 is 0 Å². The predicted molar refractivity (Wildman–Crippen MR) is 84.3 cm³/mol. The van der Waals surface area contributed by atoms with Crippen LogP contribution < -0.4 is 10.6 Å². The lowest BCUT2D eigenvalue weighted by atomic mass is 9.67. The predicted octanol–water partition coefficient (Wildman–Crippen LogP) is 1.80. The minimum absolute atomic E-state index is 0. The lowest BCUT2D eigenvalue weighted by Gasteiger charge is -2.37. The van der Waals surface area contributed by atoms with E-state index in [0.29, 0.717) is 5.92 Å². The largest absolute Gasteiger partial charge is 0.349 e. The van der Waals surface area contributed by atoms with Crippen LogP contribution in [0.3, 0.4) is 0 Å². The molecule has 1 saturated heterocycles. The summed E-state index contributed by atoms with van der Waals surface area (Å²) in [7, 11) is 1.90. The highest BCUT2D eigenvalue weighted by atomic mass is 35.5. The summed E-state index contributed by atoms with van der Waals surface area (Å²) in [5.41, 5.74) is 0.893. The summed E-state index contributed by atoms with van der Waals surface area (Å²) < 4.78 is 1.77. The Hall–Kier alpha value is -1.07. The first-order chi connectivity index (χ1) is 9.62. The summed E-state index contributed by atoms with van der Waals surface area (Å²) in [6, 6.07) is 0.0220. The third kappa shape index (κ3) is 2.94. The number of nitrogens with zero attached hydrogens (tertiary/aromatic N) is 2. The topological polar surface area (TPSA) is 59.0 Å². The molecule has 0 spiro atoms. The number of hydrogen-bond donors (Lipinski definition) is 2. The molecule has 1 aromatic rings. The molecule has 2 aliphatic rings. The standard InChI is InChI=1S/C15H24N4O.ClH/c1-11(12-7-17-19(2)9-12)18-14(20)15-6-4-3-5-13(15)8-16-10-15;/h7,9,11,13,16H,3-6,8,10H2,1-2H3,(H,18,20);1H/t11?,13-,15+;/m0./s1. The van der Waals surface area contributed by atoms with Crippen LogP contribution in [0.2, 0.25) is 0 Å². The summed E-state index contributed by atoms with van der Waals surface area (Å²) in [6.07, 6.45) is 8.44. The lowest BCUT2D eigenvalue weighted by molar-refractivity contribution is -0.134. The van der Waals surface area contributed by atoms with Crippen LogP contribution in [0.4, 0.5) is 0 Å². The van der Waals surface area contributed by atoms with Crippen molar-refractivity contribution in [3.8, 4) is 0 Å². The number of fused-ring (bicyclic) bond motifs is 1. The van der Waals surface area contributed by atoms with E-state index in [1.54, 1.807) is 4.68 Å². The van der Waals surface area contributed by atoms with Crippen molar-refractivity contribution in [1.29, 1.82) is 0 Å². The van der Waals surface area contributed by atoms with Crippen molar-refractivity contribution < 1.29 is 4.79 Å². The van der Waals surface area contributed by atoms with Crippen LogP contribution in [0.1, 0.15) is 44.2 Å². The molecule has 0 aromatic carbocycles. The molecule has 1 amide bonds. The fraction of sp³-hybridized carbons (Fsp3) is 0.733. The number of nitrogens with one attached hydrogen (secondary N) is 2. The van der Waals surface area contributed by atoms with E-state index < -0.39 is 0 Å². The van der Waals surface area contributed by atoms with Crippen molar-refractivity contribution in [2.24, 2.45) is 18.4 Å². The van der Waals surface area contributed by atoms with Crippen molar-refractivity contribution in [3.05, 3.63) is 18.0 Å². The fourth-order valence-electron chi connectivity index (χ4n) is 3.78. The van der Waals surface area contributed by atoms with Crippen molar-refractivity contribution in [1.82, 2.24) is 20.4 Å². The van der Waals surface area contributed by atoms with Gasteiger partial charge in [-0.25, -0.2) is 0 Å². The number of hydrogen-bond acceptors (Lipinski definition) is 3. The Labute approximate surface area is 132 Å². The van der Waals surface area contributed by atoms with Gasteiger partial charge in [-0.15, -0.1) is 12.4 Å². The van der Waals surface area contributed by atoms with Crippen LogP contribution in [0, 0.1) is 11.3 Å². The molecule has 118 valence electrons. The smallest absolute Gasteiger partial charge is 0.228 e. The molecule has 3 atom stereocenters. The number of carbonyl (C=O) groups is 1. The van der Waals surface area contributed by atoms with E-state index >= 15 is 0 Å². The Morgan fingerprint density at radius 3 is 3.10 bits per heavy atom. The molecule has 3 rings (SSSR count). The Morgan fingerprint density at radius 1 is 1.57 bits per heavy atom. The monoisotopic (exact) mass is 312 g/mol. The van der Waals surface area contributed by atoms with Crippen molar-refractivity contribution >= 4 is 18.3 Å². The highest BCUT2D eigenvalue weighted by molar-refractivity contribution is 5.85. The molecule has 1 aromatic heterocycles. The number of aryl methyl sites for hydroxylation is 1. The van der Waals surface area contributed by atoms with Gasteiger partial charge in [0, 0.05) is 25.4 Å².